The molecule has 12 heteroatoms. The van der Waals surface area contributed by atoms with E-state index < -0.39 is 23.3 Å². The molecule has 1 aromatic carbocycles. The molecule has 1 N–H and O–H groups in total. The number of hydrogen-bond donors (Lipinski definition) is 1. The standard InChI is InChI=1S/C20H16F3N7O2/c1-32-17-8-7-16(27-28-17)30-18(20(21,22)23)14(12-26-30)19(31)24-11-13-5-2-3-6-15(13)29-10-4-9-25-29/h2-10,12H,11H2,1H3,(H,24,31). The van der Waals surface area contributed by atoms with E-state index in [2.05, 4.69) is 25.7 Å². The molecule has 1 amide bonds. The van der Waals surface area contributed by atoms with Crippen LogP contribution >= 0.6 is 0 Å². The monoisotopic (exact) mass is 443 g/mol. The zero-order valence-electron chi connectivity index (χ0n) is 16.6. The molecule has 0 spiro atoms. The van der Waals surface area contributed by atoms with Crippen molar-refractivity contribution in [2.45, 2.75) is 12.7 Å². The summed E-state index contributed by atoms with van der Waals surface area (Å²) in [6.45, 7) is -0.0142. The number of hydrogen-bond acceptors (Lipinski definition) is 6. The topological polar surface area (TPSA) is 99.8 Å². The minimum Gasteiger partial charge on any atom is -0.480 e. The first kappa shape index (κ1) is 21.0. The number of rotatable bonds is 6. The molecular weight excluding hydrogens is 427 g/mol. The SMILES string of the molecule is COc1ccc(-n2ncc(C(=O)NCc3ccccc3-n3cccn3)c2C(F)(F)F)nn1. The fourth-order valence-corrected chi connectivity index (χ4v) is 3.06. The summed E-state index contributed by atoms with van der Waals surface area (Å²) >= 11 is 0. The van der Waals surface area contributed by atoms with Gasteiger partial charge in [0.05, 0.1) is 24.6 Å². The predicted molar refractivity (Wildman–Crippen MR) is 105 cm³/mol. The molecular formula is C20H16F3N7O2. The van der Waals surface area contributed by atoms with Gasteiger partial charge >= 0.3 is 6.18 Å². The minimum absolute atomic E-state index is 0.0142. The van der Waals surface area contributed by atoms with Gasteiger partial charge in [-0.2, -0.15) is 23.4 Å². The van der Waals surface area contributed by atoms with Gasteiger partial charge in [-0.25, -0.2) is 9.36 Å². The number of carbonyl (C=O) groups excluding carboxylic acids is 1. The quantitative estimate of drug-likeness (QED) is 0.492. The molecule has 0 atom stereocenters. The second-order valence-electron chi connectivity index (χ2n) is 6.51. The fourth-order valence-electron chi connectivity index (χ4n) is 3.06. The Morgan fingerprint density at radius 3 is 2.56 bits per heavy atom. The Morgan fingerprint density at radius 2 is 1.91 bits per heavy atom. The number of benzene rings is 1. The molecule has 0 aliphatic heterocycles. The lowest BCUT2D eigenvalue weighted by atomic mass is 10.1. The molecule has 32 heavy (non-hydrogen) atoms. The molecule has 4 aromatic rings. The van der Waals surface area contributed by atoms with E-state index in [0.29, 0.717) is 15.9 Å². The van der Waals surface area contributed by atoms with E-state index in [4.69, 9.17) is 4.74 Å². The highest BCUT2D eigenvalue weighted by atomic mass is 19.4. The van der Waals surface area contributed by atoms with E-state index in [0.717, 1.165) is 6.20 Å². The number of halogens is 3. The second kappa shape index (κ2) is 8.49. The summed E-state index contributed by atoms with van der Waals surface area (Å²) < 4.78 is 48.5. The van der Waals surface area contributed by atoms with Crippen LogP contribution < -0.4 is 10.1 Å². The third-order valence-corrected chi connectivity index (χ3v) is 4.52. The number of methoxy groups -OCH3 is 1. The third-order valence-electron chi connectivity index (χ3n) is 4.52. The lowest BCUT2D eigenvalue weighted by Gasteiger charge is -2.13. The van der Waals surface area contributed by atoms with Gasteiger partial charge < -0.3 is 10.1 Å². The van der Waals surface area contributed by atoms with Gasteiger partial charge in [0.15, 0.2) is 11.5 Å². The Labute approximate surface area is 179 Å². The number of nitrogens with zero attached hydrogens (tertiary/aromatic N) is 6. The lowest BCUT2D eigenvalue weighted by Crippen LogP contribution is -2.27. The summed E-state index contributed by atoms with van der Waals surface area (Å²) in [6.07, 6.45) is -0.690. The zero-order valence-corrected chi connectivity index (χ0v) is 16.6. The van der Waals surface area contributed by atoms with E-state index in [1.54, 1.807) is 47.4 Å². The molecule has 0 unspecified atom stereocenters. The van der Waals surface area contributed by atoms with Gasteiger partial charge in [0.25, 0.3) is 5.91 Å². The van der Waals surface area contributed by atoms with Crippen LogP contribution in [-0.2, 0) is 12.7 Å². The van der Waals surface area contributed by atoms with E-state index >= 15 is 0 Å². The first-order chi connectivity index (χ1) is 15.4. The van der Waals surface area contributed by atoms with Crippen molar-refractivity contribution < 1.29 is 22.7 Å². The summed E-state index contributed by atoms with van der Waals surface area (Å²) in [4.78, 5) is 12.7. The highest BCUT2D eigenvalue weighted by Crippen LogP contribution is 2.33. The number of alkyl halides is 3. The van der Waals surface area contributed by atoms with Gasteiger partial charge in [-0.3, -0.25) is 4.79 Å². The van der Waals surface area contributed by atoms with Crippen LogP contribution in [0.5, 0.6) is 5.88 Å². The molecule has 0 radical (unpaired) electrons. The van der Waals surface area contributed by atoms with Crippen molar-refractivity contribution in [1.82, 2.24) is 35.1 Å². The summed E-state index contributed by atoms with van der Waals surface area (Å²) in [5.41, 5.74) is -0.522. The third kappa shape index (κ3) is 4.15. The Hall–Kier alpha value is -4.22. The largest absolute Gasteiger partial charge is 0.480 e. The average Bonchev–Trinajstić information content (AvgIpc) is 3.48. The average molecular weight is 443 g/mol. The maximum Gasteiger partial charge on any atom is 0.434 e. The minimum atomic E-state index is -4.86. The molecule has 0 bridgehead atoms. The number of aromatic nitrogens is 6. The van der Waals surface area contributed by atoms with Crippen LogP contribution in [0.1, 0.15) is 21.6 Å². The van der Waals surface area contributed by atoms with Crippen LogP contribution in [0.3, 0.4) is 0 Å². The molecule has 4 rings (SSSR count). The van der Waals surface area contributed by atoms with Crippen molar-refractivity contribution in [3.05, 3.63) is 77.9 Å². The first-order valence-corrected chi connectivity index (χ1v) is 9.28. The Balaban J connectivity index is 1.62. The molecule has 164 valence electrons. The van der Waals surface area contributed by atoms with Crippen LogP contribution in [0.15, 0.2) is 61.1 Å². The highest BCUT2D eigenvalue weighted by molar-refractivity contribution is 5.95. The Bertz CT molecular complexity index is 1220. The molecule has 0 fully saturated rings. The summed E-state index contributed by atoms with van der Waals surface area (Å²) in [5, 5.41) is 17.7. The van der Waals surface area contributed by atoms with Crippen LogP contribution in [-0.4, -0.2) is 42.8 Å². The van der Waals surface area contributed by atoms with Crippen molar-refractivity contribution in [3.8, 4) is 17.4 Å². The maximum atomic E-state index is 13.8. The van der Waals surface area contributed by atoms with Crippen molar-refractivity contribution in [2.75, 3.05) is 7.11 Å². The number of carbonyl (C=O) groups is 1. The Morgan fingerprint density at radius 1 is 1.09 bits per heavy atom. The zero-order chi connectivity index (χ0) is 22.7. The van der Waals surface area contributed by atoms with Crippen LogP contribution in [0.4, 0.5) is 13.2 Å². The highest BCUT2D eigenvalue weighted by Gasteiger charge is 2.41. The second-order valence-corrected chi connectivity index (χ2v) is 6.51. The van der Waals surface area contributed by atoms with Crippen LogP contribution in [0.2, 0.25) is 0 Å². The van der Waals surface area contributed by atoms with Crippen molar-refractivity contribution in [1.29, 1.82) is 0 Å². The van der Waals surface area contributed by atoms with Gasteiger partial charge in [0.2, 0.25) is 5.88 Å². The Kier molecular flexibility index (Phi) is 5.58. The van der Waals surface area contributed by atoms with Gasteiger partial charge in [-0.15, -0.1) is 10.2 Å². The van der Waals surface area contributed by atoms with Crippen LogP contribution in [0, 0.1) is 0 Å². The smallest absolute Gasteiger partial charge is 0.434 e. The van der Waals surface area contributed by atoms with Crippen LogP contribution in [0.25, 0.3) is 11.5 Å². The molecule has 0 saturated heterocycles. The van der Waals surface area contributed by atoms with E-state index in [-0.39, 0.29) is 18.2 Å². The first-order valence-electron chi connectivity index (χ1n) is 9.28. The van der Waals surface area contributed by atoms with Crippen molar-refractivity contribution in [2.24, 2.45) is 0 Å². The fraction of sp³-hybridized carbons (Fsp3) is 0.150. The maximum absolute atomic E-state index is 13.8. The number of nitrogens with one attached hydrogen (secondary N) is 1. The molecule has 9 nitrogen and oxygen atoms in total. The lowest BCUT2D eigenvalue weighted by molar-refractivity contribution is -0.143. The normalized spacial score (nSPS) is 11.4. The van der Waals surface area contributed by atoms with Crippen molar-refractivity contribution in [3.63, 3.8) is 0 Å². The predicted octanol–water partition coefficient (Wildman–Crippen LogP) is 2.81. The van der Waals surface area contributed by atoms with E-state index in [1.807, 2.05) is 0 Å². The molecule has 3 heterocycles. The molecule has 0 aliphatic rings. The number of amides is 1. The molecule has 0 saturated carbocycles. The number of para-hydroxylation sites is 1. The van der Waals surface area contributed by atoms with Gasteiger partial charge in [-0.1, -0.05) is 18.2 Å². The number of ether oxygens (including phenoxy) is 1. The molecule has 3 aromatic heterocycles. The summed E-state index contributed by atoms with van der Waals surface area (Å²) in [6, 6.07) is 11.4. The van der Waals surface area contributed by atoms with Gasteiger partial charge in [0, 0.05) is 25.0 Å². The van der Waals surface area contributed by atoms with Crippen molar-refractivity contribution >= 4 is 5.91 Å². The summed E-state index contributed by atoms with van der Waals surface area (Å²) in [5.74, 6) is -1.01. The summed E-state index contributed by atoms with van der Waals surface area (Å²) in [7, 11) is 1.35. The van der Waals surface area contributed by atoms with Gasteiger partial charge in [0.1, 0.15) is 0 Å². The van der Waals surface area contributed by atoms with Gasteiger partial charge in [-0.05, 0) is 23.8 Å². The van der Waals surface area contributed by atoms with E-state index in [9.17, 15) is 18.0 Å². The molecule has 0 aliphatic carbocycles. The van der Waals surface area contributed by atoms with E-state index in [1.165, 1.54) is 19.2 Å².